The Balaban J connectivity index is 1.88. The fourth-order valence-corrected chi connectivity index (χ4v) is 3.68. The smallest absolute Gasteiger partial charge is 0.191 e. The quantitative estimate of drug-likeness (QED) is 0.682. The number of nitrogens with one attached hydrogen (secondary N) is 1. The van der Waals surface area contributed by atoms with Gasteiger partial charge in [0.05, 0.1) is 18.8 Å². The summed E-state index contributed by atoms with van der Waals surface area (Å²) < 4.78 is 5.96. The van der Waals surface area contributed by atoms with Crippen LogP contribution in [-0.4, -0.2) is 48.1 Å². The maximum absolute atomic E-state index is 5.96. The molecule has 0 bridgehead atoms. The number of hydrogen-bond donors (Lipinski definition) is 1. The van der Waals surface area contributed by atoms with Crippen molar-refractivity contribution < 1.29 is 4.74 Å². The van der Waals surface area contributed by atoms with Gasteiger partial charge in [0.2, 0.25) is 0 Å². The van der Waals surface area contributed by atoms with Gasteiger partial charge in [0, 0.05) is 19.2 Å². The van der Waals surface area contributed by atoms with E-state index in [1.807, 2.05) is 6.26 Å². The van der Waals surface area contributed by atoms with Gasteiger partial charge in [0.1, 0.15) is 11.6 Å². The van der Waals surface area contributed by atoms with E-state index in [2.05, 4.69) is 28.2 Å². The van der Waals surface area contributed by atoms with Crippen molar-refractivity contribution in [3.8, 4) is 0 Å². The molecule has 3 rings (SSSR count). The molecule has 0 spiro atoms. The second kappa shape index (κ2) is 6.83. The Morgan fingerprint density at radius 3 is 3.05 bits per heavy atom. The Bertz CT molecular complexity index is 483. The van der Waals surface area contributed by atoms with Crippen LogP contribution < -0.4 is 10.2 Å². The van der Waals surface area contributed by atoms with Crippen LogP contribution in [0, 0.1) is 0 Å². The molecule has 2 fully saturated rings. The van der Waals surface area contributed by atoms with Crippen LogP contribution >= 0.6 is 11.8 Å². The fourth-order valence-electron chi connectivity index (χ4n) is 3.30. The van der Waals surface area contributed by atoms with Gasteiger partial charge in [-0.1, -0.05) is 24.6 Å². The van der Waals surface area contributed by atoms with Crippen LogP contribution in [0.4, 0.5) is 11.6 Å². The van der Waals surface area contributed by atoms with E-state index in [0.29, 0.717) is 12.1 Å². The minimum absolute atomic E-state index is 0.378. The summed E-state index contributed by atoms with van der Waals surface area (Å²) in [6, 6.07) is 2.56. The molecular weight excluding hydrogens is 284 g/mol. The molecule has 2 unspecified atom stereocenters. The Kier molecular flexibility index (Phi) is 4.85. The Hall–Kier alpha value is -1.01. The summed E-state index contributed by atoms with van der Waals surface area (Å²) in [6.45, 7) is 4.69. The van der Waals surface area contributed by atoms with Crippen LogP contribution in [0.5, 0.6) is 0 Å². The van der Waals surface area contributed by atoms with Crippen molar-refractivity contribution in [2.45, 2.75) is 49.9 Å². The number of nitrogens with zero attached hydrogens (tertiary/aromatic N) is 3. The van der Waals surface area contributed by atoms with Gasteiger partial charge in [-0.05, 0) is 26.0 Å². The van der Waals surface area contributed by atoms with Gasteiger partial charge in [-0.3, -0.25) is 0 Å². The highest BCUT2D eigenvalue weighted by Crippen LogP contribution is 2.32. The first kappa shape index (κ1) is 14.9. The van der Waals surface area contributed by atoms with Gasteiger partial charge in [-0.25, -0.2) is 9.97 Å². The number of hydrogen-bond acceptors (Lipinski definition) is 6. The normalized spacial score (nSPS) is 25.5. The molecule has 1 saturated carbocycles. The van der Waals surface area contributed by atoms with Crippen molar-refractivity contribution in [1.82, 2.24) is 9.97 Å². The van der Waals surface area contributed by atoms with E-state index < -0.39 is 0 Å². The highest BCUT2D eigenvalue weighted by atomic mass is 32.2. The summed E-state index contributed by atoms with van der Waals surface area (Å²) in [5, 5.41) is 4.15. The molecule has 0 aromatic carbocycles. The SMILES string of the molecule is CCNc1cc(N2CCOC3CCCCC32)nc(SC)n1. The second-order valence-corrected chi connectivity index (χ2v) is 6.36. The van der Waals surface area contributed by atoms with Gasteiger partial charge in [-0.2, -0.15) is 0 Å². The summed E-state index contributed by atoms with van der Waals surface area (Å²) in [5.74, 6) is 1.97. The summed E-state index contributed by atoms with van der Waals surface area (Å²) in [6.07, 6.45) is 7.38. The minimum atomic E-state index is 0.378. The third kappa shape index (κ3) is 3.26. The zero-order valence-corrected chi connectivity index (χ0v) is 13.7. The molecule has 6 heteroatoms. The number of rotatable bonds is 4. The van der Waals surface area contributed by atoms with Crippen LogP contribution in [0.1, 0.15) is 32.6 Å². The molecule has 1 aliphatic carbocycles. The maximum atomic E-state index is 5.96. The number of morpholine rings is 1. The number of aromatic nitrogens is 2. The van der Waals surface area contributed by atoms with Crippen LogP contribution in [0.25, 0.3) is 0 Å². The topological polar surface area (TPSA) is 50.3 Å². The molecule has 116 valence electrons. The first-order valence-electron chi connectivity index (χ1n) is 7.87. The number of fused-ring (bicyclic) bond motifs is 1. The molecule has 5 nitrogen and oxygen atoms in total. The van der Waals surface area contributed by atoms with Crippen LogP contribution in [-0.2, 0) is 4.74 Å². The summed E-state index contributed by atoms with van der Waals surface area (Å²) in [7, 11) is 0. The fraction of sp³-hybridized carbons (Fsp3) is 0.733. The Morgan fingerprint density at radius 2 is 2.24 bits per heavy atom. The predicted octanol–water partition coefficient (Wildman–Crippen LogP) is 2.78. The van der Waals surface area contributed by atoms with Gasteiger partial charge in [0.25, 0.3) is 0 Å². The number of anilines is 2. The Labute approximate surface area is 130 Å². The highest BCUT2D eigenvalue weighted by Gasteiger charge is 2.35. The van der Waals surface area contributed by atoms with Crippen molar-refractivity contribution in [3.05, 3.63) is 6.07 Å². The molecule has 0 radical (unpaired) electrons. The first-order valence-corrected chi connectivity index (χ1v) is 9.09. The van der Waals surface area contributed by atoms with Crippen molar-refractivity contribution in [2.75, 3.05) is 36.2 Å². The van der Waals surface area contributed by atoms with E-state index in [-0.39, 0.29) is 0 Å². The maximum Gasteiger partial charge on any atom is 0.191 e. The van der Waals surface area contributed by atoms with Gasteiger partial charge >= 0.3 is 0 Å². The number of thioether (sulfide) groups is 1. The molecule has 1 aromatic heterocycles. The predicted molar refractivity (Wildman–Crippen MR) is 87.3 cm³/mol. The average molecular weight is 308 g/mol. The molecule has 1 aliphatic heterocycles. The molecule has 1 aromatic rings. The molecule has 21 heavy (non-hydrogen) atoms. The lowest BCUT2D eigenvalue weighted by molar-refractivity contribution is -0.00903. The lowest BCUT2D eigenvalue weighted by atomic mass is 9.90. The van der Waals surface area contributed by atoms with Crippen LogP contribution in [0.3, 0.4) is 0 Å². The summed E-state index contributed by atoms with van der Waals surface area (Å²) in [5.41, 5.74) is 0. The van der Waals surface area contributed by atoms with E-state index in [1.165, 1.54) is 25.7 Å². The van der Waals surface area contributed by atoms with E-state index in [0.717, 1.165) is 36.5 Å². The largest absolute Gasteiger partial charge is 0.374 e. The van der Waals surface area contributed by atoms with E-state index >= 15 is 0 Å². The molecule has 2 atom stereocenters. The van der Waals surface area contributed by atoms with Crippen molar-refractivity contribution in [3.63, 3.8) is 0 Å². The number of ether oxygens (including phenoxy) is 1. The minimum Gasteiger partial charge on any atom is -0.374 e. The van der Waals surface area contributed by atoms with Crippen LogP contribution in [0.15, 0.2) is 11.2 Å². The van der Waals surface area contributed by atoms with E-state index in [1.54, 1.807) is 11.8 Å². The van der Waals surface area contributed by atoms with E-state index in [4.69, 9.17) is 9.72 Å². The van der Waals surface area contributed by atoms with Crippen LogP contribution in [0.2, 0.25) is 0 Å². The van der Waals surface area contributed by atoms with Gasteiger partial charge in [-0.15, -0.1) is 0 Å². The molecule has 2 aliphatic rings. The zero-order chi connectivity index (χ0) is 14.7. The lowest BCUT2D eigenvalue weighted by Gasteiger charge is -2.44. The summed E-state index contributed by atoms with van der Waals surface area (Å²) in [4.78, 5) is 11.7. The summed E-state index contributed by atoms with van der Waals surface area (Å²) >= 11 is 1.60. The molecule has 1 N–H and O–H groups in total. The molecule has 2 heterocycles. The van der Waals surface area contributed by atoms with E-state index in [9.17, 15) is 0 Å². The average Bonchev–Trinajstić information content (AvgIpc) is 2.54. The lowest BCUT2D eigenvalue weighted by Crippen LogP contribution is -2.53. The molecule has 1 saturated heterocycles. The standard InChI is InChI=1S/C15H24N4OS/c1-3-16-13-10-14(18-15(17-13)21-2)19-8-9-20-12-7-5-4-6-11(12)19/h10-12H,3-9H2,1-2H3,(H,16,17,18). The van der Waals surface area contributed by atoms with Crippen molar-refractivity contribution in [2.24, 2.45) is 0 Å². The van der Waals surface area contributed by atoms with Gasteiger partial charge < -0.3 is 15.0 Å². The monoisotopic (exact) mass is 308 g/mol. The highest BCUT2D eigenvalue weighted by molar-refractivity contribution is 7.98. The molecular formula is C15H24N4OS. The van der Waals surface area contributed by atoms with Crippen molar-refractivity contribution >= 4 is 23.4 Å². The second-order valence-electron chi connectivity index (χ2n) is 5.58. The van der Waals surface area contributed by atoms with Gasteiger partial charge in [0.15, 0.2) is 5.16 Å². The first-order chi connectivity index (χ1) is 10.3. The molecule has 0 amide bonds. The Morgan fingerprint density at radius 1 is 1.38 bits per heavy atom. The zero-order valence-electron chi connectivity index (χ0n) is 12.8. The van der Waals surface area contributed by atoms with Crippen molar-refractivity contribution in [1.29, 1.82) is 0 Å². The third-order valence-electron chi connectivity index (χ3n) is 4.26. The third-order valence-corrected chi connectivity index (χ3v) is 4.81.